The number of carbonyl (C=O) groups is 2. The lowest BCUT2D eigenvalue weighted by Gasteiger charge is -2.30. The monoisotopic (exact) mass is 315 g/mol. The van der Waals surface area contributed by atoms with E-state index in [9.17, 15) is 9.59 Å². The van der Waals surface area contributed by atoms with Crippen molar-refractivity contribution in [3.8, 4) is 0 Å². The van der Waals surface area contributed by atoms with E-state index in [1.165, 1.54) is 0 Å². The Morgan fingerprint density at radius 2 is 1.58 bits per heavy atom. The molecule has 0 amide bonds. The number of carbonyl (C=O) groups excluding carboxylic acids is 2. The Labute approximate surface area is 140 Å². The molecule has 0 N–H and O–H groups in total. The van der Waals surface area contributed by atoms with Gasteiger partial charge in [0.05, 0.1) is 11.6 Å². The third kappa shape index (κ3) is 2.01. The maximum Gasteiger partial charge on any atom is 0.192 e. The molecule has 0 saturated heterocycles. The molecule has 118 valence electrons. The van der Waals surface area contributed by atoms with E-state index in [0.717, 1.165) is 22.5 Å². The zero-order valence-electron chi connectivity index (χ0n) is 13.6. The number of Topliss-reactive ketones (excluding diaryl/α,β-unsaturated/α-hetero) is 2. The van der Waals surface area contributed by atoms with Crippen molar-refractivity contribution in [1.29, 1.82) is 0 Å². The molecule has 0 bridgehead atoms. The van der Waals surface area contributed by atoms with Gasteiger partial charge >= 0.3 is 0 Å². The molecule has 2 aliphatic rings. The molecule has 1 unspecified atom stereocenters. The van der Waals surface area contributed by atoms with Gasteiger partial charge in [0.25, 0.3) is 0 Å². The summed E-state index contributed by atoms with van der Waals surface area (Å²) in [4.78, 5) is 30.1. The van der Waals surface area contributed by atoms with Crippen molar-refractivity contribution in [2.75, 3.05) is 0 Å². The molecular weight excluding hydrogens is 298 g/mol. The molecule has 0 aromatic heterocycles. The van der Waals surface area contributed by atoms with Crippen LogP contribution in [-0.4, -0.2) is 17.3 Å². The first kappa shape index (κ1) is 14.8. The molecule has 2 atom stereocenters. The molecule has 1 heterocycles. The fourth-order valence-electron chi connectivity index (χ4n) is 3.90. The summed E-state index contributed by atoms with van der Waals surface area (Å²) in [5, 5.41) is 0. The van der Waals surface area contributed by atoms with E-state index in [0.29, 0.717) is 11.1 Å². The largest absolute Gasteiger partial charge is 0.299 e. The van der Waals surface area contributed by atoms with E-state index in [2.05, 4.69) is 4.99 Å². The highest BCUT2D eigenvalue weighted by Crippen LogP contribution is 2.47. The van der Waals surface area contributed by atoms with E-state index < -0.39 is 0 Å². The molecule has 2 aromatic carbocycles. The first-order valence-electron chi connectivity index (χ1n) is 8.08. The van der Waals surface area contributed by atoms with Gasteiger partial charge in [-0.3, -0.25) is 14.6 Å². The van der Waals surface area contributed by atoms with Crippen molar-refractivity contribution >= 4 is 23.0 Å². The summed E-state index contributed by atoms with van der Waals surface area (Å²) in [6, 6.07) is 17.4. The molecule has 0 saturated carbocycles. The Kier molecular flexibility index (Phi) is 3.31. The number of benzene rings is 2. The summed E-state index contributed by atoms with van der Waals surface area (Å²) in [6.45, 7) is 3.47. The number of hydrogen-bond donors (Lipinski definition) is 0. The van der Waals surface area contributed by atoms with Crippen molar-refractivity contribution in [3.63, 3.8) is 0 Å². The Morgan fingerprint density at radius 3 is 2.25 bits per heavy atom. The quantitative estimate of drug-likeness (QED) is 0.839. The van der Waals surface area contributed by atoms with Crippen LogP contribution in [0.5, 0.6) is 0 Å². The van der Waals surface area contributed by atoms with E-state index >= 15 is 0 Å². The van der Waals surface area contributed by atoms with Crippen LogP contribution in [0.2, 0.25) is 0 Å². The number of hydrogen-bond acceptors (Lipinski definition) is 3. The van der Waals surface area contributed by atoms with Crippen LogP contribution in [0.25, 0.3) is 5.70 Å². The molecule has 0 spiro atoms. The maximum atomic E-state index is 13.1. The molecular formula is C21H17NO2. The first-order chi connectivity index (χ1) is 11.6. The maximum absolute atomic E-state index is 13.1. The summed E-state index contributed by atoms with van der Waals surface area (Å²) in [6.07, 6.45) is 0. The Hall–Kier alpha value is -2.81. The van der Waals surface area contributed by atoms with Gasteiger partial charge in [-0.05, 0) is 19.4 Å². The van der Waals surface area contributed by atoms with Crippen LogP contribution in [0.1, 0.15) is 41.3 Å². The second-order valence-corrected chi connectivity index (χ2v) is 6.37. The lowest BCUT2D eigenvalue weighted by Crippen LogP contribution is -2.32. The Balaban J connectivity index is 1.98. The molecule has 0 fully saturated rings. The van der Waals surface area contributed by atoms with E-state index in [-0.39, 0.29) is 23.4 Å². The van der Waals surface area contributed by atoms with Crippen LogP contribution < -0.4 is 0 Å². The predicted octanol–water partition coefficient (Wildman–Crippen LogP) is 4.06. The minimum atomic E-state index is -0.385. The van der Waals surface area contributed by atoms with Crippen molar-refractivity contribution in [2.24, 2.45) is 10.9 Å². The normalized spacial score (nSPS) is 22.1. The van der Waals surface area contributed by atoms with Gasteiger partial charge in [-0.1, -0.05) is 54.6 Å². The second-order valence-electron chi connectivity index (χ2n) is 6.37. The van der Waals surface area contributed by atoms with Gasteiger partial charge in [-0.2, -0.15) is 0 Å². The summed E-state index contributed by atoms with van der Waals surface area (Å²) < 4.78 is 0. The highest BCUT2D eigenvalue weighted by molar-refractivity contribution is 6.25. The van der Waals surface area contributed by atoms with Crippen LogP contribution in [-0.2, 0) is 4.79 Å². The van der Waals surface area contributed by atoms with Crippen LogP contribution in [0.15, 0.2) is 65.2 Å². The summed E-state index contributed by atoms with van der Waals surface area (Å²) >= 11 is 0. The molecule has 4 rings (SSSR count). The van der Waals surface area contributed by atoms with Gasteiger partial charge in [0, 0.05) is 28.3 Å². The zero-order valence-corrected chi connectivity index (χ0v) is 13.6. The van der Waals surface area contributed by atoms with Gasteiger partial charge in [0.1, 0.15) is 5.78 Å². The van der Waals surface area contributed by atoms with Gasteiger partial charge < -0.3 is 0 Å². The Morgan fingerprint density at radius 1 is 0.958 bits per heavy atom. The molecule has 2 aromatic rings. The minimum Gasteiger partial charge on any atom is -0.299 e. The summed E-state index contributed by atoms with van der Waals surface area (Å²) in [7, 11) is 0. The van der Waals surface area contributed by atoms with Crippen molar-refractivity contribution in [1.82, 2.24) is 0 Å². The molecule has 24 heavy (non-hydrogen) atoms. The van der Waals surface area contributed by atoms with E-state index in [1.807, 2.05) is 61.5 Å². The Bertz CT molecular complexity index is 922. The fraction of sp³-hybridized carbons (Fsp3) is 0.190. The number of ketones is 2. The number of nitrogens with zero attached hydrogens (tertiary/aromatic N) is 1. The van der Waals surface area contributed by atoms with Crippen LogP contribution in [0.3, 0.4) is 0 Å². The summed E-state index contributed by atoms with van der Waals surface area (Å²) in [5.41, 5.74) is 4.72. The topological polar surface area (TPSA) is 46.5 Å². The number of aliphatic imine (C=N–C) groups is 1. The number of rotatable bonds is 2. The fourth-order valence-corrected chi connectivity index (χ4v) is 3.90. The first-order valence-corrected chi connectivity index (χ1v) is 8.08. The third-order valence-corrected chi connectivity index (χ3v) is 4.91. The summed E-state index contributed by atoms with van der Waals surface area (Å²) in [5.74, 6) is -0.613. The van der Waals surface area contributed by atoms with Crippen molar-refractivity contribution < 1.29 is 9.59 Å². The van der Waals surface area contributed by atoms with Crippen LogP contribution in [0, 0.1) is 5.92 Å². The van der Waals surface area contributed by atoms with Gasteiger partial charge in [0.2, 0.25) is 0 Å². The van der Waals surface area contributed by atoms with Crippen molar-refractivity contribution in [3.05, 3.63) is 76.9 Å². The van der Waals surface area contributed by atoms with Crippen LogP contribution in [0.4, 0.5) is 0 Å². The van der Waals surface area contributed by atoms with E-state index in [1.54, 1.807) is 6.92 Å². The van der Waals surface area contributed by atoms with Gasteiger partial charge in [-0.25, -0.2) is 0 Å². The average Bonchev–Trinajstić information content (AvgIpc) is 2.87. The number of allylic oxidation sites excluding steroid dienone is 1. The van der Waals surface area contributed by atoms with Crippen LogP contribution >= 0.6 is 0 Å². The average molecular weight is 315 g/mol. The van der Waals surface area contributed by atoms with E-state index in [4.69, 9.17) is 0 Å². The molecule has 1 aliphatic carbocycles. The predicted molar refractivity (Wildman–Crippen MR) is 94.2 cm³/mol. The third-order valence-electron chi connectivity index (χ3n) is 4.91. The van der Waals surface area contributed by atoms with Gasteiger partial charge in [-0.15, -0.1) is 0 Å². The molecule has 1 aliphatic heterocycles. The SMILES string of the molecule is CC(=O)C1C(C)=NC2=C(C(=O)c3ccccc32)[C@H]1c1ccccc1. The number of fused-ring (bicyclic) bond motifs is 2. The highest BCUT2D eigenvalue weighted by atomic mass is 16.1. The standard InChI is InChI=1S/C21H17NO2/c1-12-17(13(2)23)18(14-8-4-3-5-9-14)19-20(22-12)15-10-6-7-11-16(15)21(19)24/h3-11,17-18H,1-2H3/t17?,18-/m0/s1. The van der Waals surface area contributed by atoms with Crippen molar-refractivity contribution in [2.45, 2.75) is 19.8 Å². The van der Waals surface area contributed by atoms with Gasteiger partial charge in [0.15, 0.2) is 5.78 Å². The lowest BCUT2D eigenvalue weighted by atomic mass is 9.73. The molecule has 3 nitrogen and oxygen atoms in total. The minimum absolute atomic E-state index is 0.00282. The smallest absolute Gasteiger partial charge is 0.192 e. The molecule has 0 radical (unpaired) electrons. The second kappa shape index (κ2) is 5.38. The lowest BCUT2D eigenvalue weighted by molar-refractivity contribution is -0.119. The zero-order chi connectivity index (χ0) is 16.8. The highest BCUT2D eigenvalue weighted by Gasteiger charge is 2.44. The molecule has 3 heteroatoms.